The largest absolute Gasteiger partial charge is 0.385 e. The van der Waals surface area contributed by atoms with Crippen molar-refractivity contribution in [3.05, 3.63) is 28.5 Å². The molecule has 0 radical (unpaired) electrons. The first kappa shape index (κ1) is 14.4. The van der Waals surface area contributed by atoms with Crippen LogP contribution in [0.1, 0.15) is 6.42 Å². The number of halogens is 2. The standard InChI is InChI=1S/C12H17BrFNO2/c1-16-7-3-8-17-9-6-15-12-10(13)4-2-5-11(12)14/h2,4-5,15H,3,6-9H2,1H3. The molecule has 1 aromatic rings. The minimum atomic E-state index is -0.265. The number of para-hydroxylation sites is 1. The zero-order chi connectivity index (χ0) is 12.5. The van der Waals surface area contributed by atoms with Crippen molar-refractivity contribution in [2.24, 2.45) is 0 Å². The molecular formula is C12H17BrFNO2. The van der Waals surface area contributed by atoms with Crippen LogP contribution in [0.15, 0.2) is 22.7 Å². The first-order valence-electron chi connectivity index (χ1n) is 5.50. The van der Waals surface area contributed by atoms with Crippen LogP contribution in [0.4, 0.5) is 10.1 Å². The Morgan fingerprint density at radius 1 is 1.29 bits per heavy atom. The van der Waals surface area contributed by atoms with E-state index in [4.69, 9.17) is 9.47 Å². The zero-order valence-electron chi connectivity index (χ0n) is 9.84. The second-order valence-corrected chi connectivity index (χ2v) is 4.34. The van der Waals surface area contributed by atoms with Crippen molar-refractivity contribution < 1.29 is 13.9 Å². The van der Waals surface area contributed by atoms with Gasteiger partial charge in [-0.15, -0.1) is 0 Å². The van der Waals surface area contributed by atoms with Crippen LogP contribution in [-0.4, -0.2) is 33.5 Å². The third-order valence-electron chi connectivity index (χ3n) is 2.15. The predicted octanol–water partition coefficient (Wildman–Crippen LogP) is 3.05. The number of nitrogens with one attached hydrogen (secondary N) is 1. The molecule has 17 heavy (non-hydrogen) atoms. The summed E-state index contributed by atoms with van der Waals surface area (Å²) in [5, 5.41) is 2.99. The molecule has 3 nitrogen and oxygen atoms in total. The SMILES string of the molecule is COCCCOCCNc1c(F)cccc1Br. The monoisotopic (exact) mass is 305 g/mol. The van der Waals surface area contributed by atoms with Crippen molar-refractivity contribution in [3.63, 3.8) is 0 Å². The lowest BCUT2D eigenvalue weighted by Crippen LogP contribution is -2.12. The third kappa shape index (κ3) is 5.48. The van der Waals surface area contributed by atoms with Gasteiger partial charge < -0.3 is 14.8 Å². The van der Waals surface area contributed by atoms with Gasteiger partial charge in [-0.1, -0.05) is 6.07 Å². The van der Waals surface area contributed by atoms with Crippen molar-refractivity contribution in [2.75, 3.05) is 38.8 Å². The lowest BCUT2D eigenvalue weighted by atomic mass is 10.3. The minimum absolute atomic E-state index is 0.265. The Bertz CT molecular complexity index is 316. The highest BCUT2D eigenvalue weighted by molar-refractivity contribution is 9.10. The minimum Gasteiger partial charge on any atom is -0.385 e. The smallest absolute Gasteiger partial charge is 0.147 e. The van der Waals surface area contributed by atoms with Crippen LogP contribution >= 0.6 is 15.9 Å². The number of anilines is 1. The first-order chi connectivity index (χ1) is 8.25. The van der Waals surface area contributed by atoms with Crippen LogP contribution < -0.4 is 5.32 Å². The molecule has 0 atom stereocenters. The van der Waals surface area contributed by atoms with Crippen molar-refractivity contribution >= 4 is 21.6 Å². The van der Waals surface area contributed by atoms with Gasteiger partial charge in [-0.2, -0.15) is 0 Å². The Morgan fingerprint density at radius 2 is 2.12 bits per heavy atom. The topological polar surface area (TPSA) is 30.5 Å². The fourth-order valence-corrected chi connectivity index (χ4v) is 1.80. The van der Waals surface area contributed by atoms with Gasteiger partial charge in [-0.05, 0) is 34.5 Å². The molecule has 0 heterocycles. The molecular weight excluding hydrogens is 289 g/mol. The van der Waals surface area contributed by atoms with Gasteiger partial charge in [0.05, 0.1) is 12.3 Å². The molecule has 0 amide bonds. The first-order valence-corrected chi connectivity index (χ1v) is 6.29. The summed E-state index contributed by atoms with van der Waals surface area (Å²) >= 11 is 3.29. The van der Waals surface area contributed by atoms with Crippen molar-refractivity contribution in [2.45, 2.75) is 6.42 Å². The van der Waals surface area contributed by atoms with E-state index in [1.54, 1.807) is 19.2 Å². The fourth-order valence-electron chi connectivity index (χ4n) is 1.32. The average molecular weight is 306 g/mol. The normalized spacial score (nSPS) is 10.5. The Balaban J connectivity index is 2.18. The van der Waals surface area contributed by atoms with E-state index in [1.807, 2.05) is 0 Å². The second kappa shape index (κ2) is 8.44. The number of benzene rings is 1. The Labute approximate surface area is 109 Å². The lowest BCUT2D eigenvalue weighted by Gasteiger charge is -2.09. The third-order valence-corrected chi connectivity index (χ3v) is 2.81. The zero-order valence-corrected chi connectivity index (χ0v) is 11.4. The fraction of sp³-hybridized carbons (Fsp3) is 0.500. The van der Waals surface area contributed by atoms with E-state index in [2.05, 4.69) is 21.2 Å². The van der Waals surface area contributed by atoms with Gasteiger partial charge >= 0.3 is 0 Å². The average Bonchev–Trinajstić information content (AvgIpc) is 2.31. The highest BCUT2D eigenvalue weighted by atomic mass is 79.9. The molecule has 1 rings (SSSR count). The summed E-state index contributed by atoms with van der Waals surface area (Å²) in [6, 6.07) is 4.88. The van der Waals surface area contributed by atoms with Crippen LogP contribution in [0, 0.1) is 5.82 Å². The van der Waals surface area contributed by atoms with Crippen LogP contribution in [0.5, 0.6) is 0 Å². The lowest BCUT2D eigenvalue weighted by molar-refractivity contribution is 0.109. The van der Waals surface area contributed by atoms with Crippen LogP contribution in [-0.2, 0) is 9.47 Å². The van der Waals surface area contributed by atoms with Gasteiger partial charge in [0.25, 0.3) is 0 Å². The maximum Gasteiger partial charge on any atom is 0.147 e. The molecule has 0 aliphatic carbocycles. The summed E-state index contributed by atoms with van der Waals surface area (Å²) in [7, 11) is 1.66. The molecule has 0 aromatic heterocycles. The van der Waals surface area contributed by atoms with Gasteiger partial charge in [0.1, 0.15) is 5.82 Å². The summed E-state index contributed by atoms with van der Waals surface area (Å²) in [6.45, 7) is 2.48. The highest BCUT2D eigenvalue weighted by Gasteiger charge is 2.04. The van der Waals surface area contributed by atoms with Crippen molar-refractivity contribution in [1.29, 1.82) is 0 Å². The number of ether oxygens (including phenoxy) is 2. The van der Waals surface area contributed by atoms with E-state index in [1.165, 1.54) is 6.07 Å². The van der Waals surface area contributed by atoms with Crippen molar-refractivity contribution in [1.82, 2.24) is 0 Å². The second-order valence-electron chi connectivity index (χ2n) is 3.48. The summed E-state index contributed by atoms with van der Waals surface area (Å²) in [5.74, 6) is -0.265. The van der Waals surface area contributed by atoms with E-state index in [-0.39, 0.29) is 5.82 Å². The molecule has 5 heteroatoms. The Kier molecular flexibility index (Phi) is 7.16. The van der Waals surface area contributed by atoms with Crippen LogP contribution in [0.2, 0.25) is 0 Å². The van der Waals surface area contributed by atoms with Gasteiger partial charge in [0, 0.05) is 31.3 Å². The predicted molar refractivity (Wildman–Crippen MR) is 69.9 cm³/mol. The number of methoxy groups -OCH3 is 1. The highest BCUT2D eigenvalue weighted by Crippen LogP contribution is 2.24. The molecule has 0 saturated carbocycles. The van der Waals surface area contributed by atoms with Crippen molar-refractivity contribution in [3.8, 4) is 0 Å². The molecule has 0 saturated heterocycles. The van der Waals surface area contributed by atoms with Crippen LogP contribution in [0.3, 0.4) is 0 Å². The molecule has 96 valence electrons. The molecule has 1 N–H and O–H groups in total. The molecule has 0 aliphatic heterocycles. The van der Waals surface area contributed by atoms with E-state index in [0.29, 0.717) is 32.1 Å². The summed E-state index contributed by atoms with van der Waals surface area (Å²) in [6.07, 6.45) is 0.875. The van der Waals surface area contributed by atoms with Gasteiger partial charge in [0.15, 0.2) is 0 Å². The molecule has 1 aromatic carbocycles. The number of rotatable bonds is 8. The van der Waals surface area contributed by atoms with E-state index in [9.17, 15) is 4.39 Å². The van der Waals surface area contributed by atoms with E-state index >= 15 is 0 Å². The van der Waals surface area contributed by atoms with Gasteiger partial charge in [-0.3, -0.25) is 0 Å². The number of hydrogen-bond donors (Lipinski definition) is 1. The molecule has 0 bridgehead atoms. The van der Waals surface area contributed by atoms with Gasteiger partial charge in [-0.25, -0.2) is 4.39 Å². The maximum absolute atomic E-state index is 13.4. The Hall–Kier alpha value is -0.650. The number of hydrogen-bond acceptors (Lipinski definition) is 3. The molecule has 0 aliphatic rings. The molecule has 0 unspecified atom stereocenters. The molecule has 0 fully saturated rings. The quantitative estimate of drug-likeness (QED) is 0.749. The van der Waals surface area contributed by atoms with E-state index < -0.39 is 0 Å². The van der Waals surface area contributed by atoms with E-state index in [0.717, 1.165) is 10.9 Å². The van der Waals surface area contributed by atoms with Crippen LogP contribution in [0.25, 0.3) is 0 Å². The summed E-state index contributed by atoms with van der Waals surface area (Å²) in [4.78, 5) is 0. The summed E-state index contributed by atoms with van der Waals surface area (Å²) in [5.41, 5.74) is 0.480. The molecule has 0 spiro atoms. The maximum atomic E-state index is 13.4. The summed E-state index contributed by atoms with van der Waals surface area (Å²) < 4.78 is 24.4. The Morgan fingerprint density at radius 3 is 2.82 bits per heavy atom. The van der Waals surface area contributed by atoms with Gasteiger partial charge in [0.2, 0.25) is 0 Å².